The molecule has 4 nitrogen and oxygen atoms in total. The minimum Gasteiger partial charge on any atom is -0.378 e. The second-order valence-electron chi connectivity index (χ2n) is 3.18. The smallest absolute Gasteiger partial charge is 0.182 e. The first kappa shape index (κ1) is 9.30. The lowest BCUT2D eigenvalue weighted by Gasteiger charge is -2.22. The van der Waals surface area contributed by atoms with Crippen molar-refractivity contribution >= 4 is 5.78 Å². The van der Waals surface area contributed by atoms with Crippen LogP contribution in [0.1, 0.15) is 10.4 Å². The van der Waals surface area contributed by atoms with Gasteiger partial charge in [0.25, 0.3) is 0 Å². The first-order valence-corrected chi connectivity index (χ1v) is 4.63. The van der Waals surface area contributed by atoms with Gasteiger partial charge in [-0.2, -0.15) is 0 Å². The predicted molar refractivity (Wildman–Crippen MR) is 51.2 cm³/mol. The minimum atomic E-state index is -0.203. The van der Waals surface area contributed by atoms with E-state index in [4.69, 9.17) is 4.74 Å². The van der Waals surface area contributed by atoms with Gasteiger partial charge in [0, 0.05) is 24.5 Å². The molecule has 1 aliphatic heterocycles. The molecule has 4 heteroatoms. The number of pyridine rings is 1. The number of Topliss-reactive ketones (excluding diaryl/α,β-unsaturated/α-hetero) is 1. The number of ether oxygens (including phenoxy) is 1. The molecule has 14 heavy (non-hydrogen) atoms. The van der Waals surface area contributed by atoms with Crippen molar-refractivity contribution in [2.45, 2.75) is 6.04 Å². The Morgan fingerprint density at radius 2 is 2.29 bits per heavy atom. The van der Waals surface area contributed by atoms with E-state index in [2.05, 4.69) is 10.3 Å². The van der Waals surface area contributed by atoms with Gasteiger partial charge in [-0.15, -0.1) is 0 Å². The molecule has 2 rings (SSSR count). The van der Waals surface area contributed by atoms with E-state index in [1.165, 1.54) is 0 Å². The highest BCUT2D eigenvalue weighted by atomic mass is 16.5. The highest BCUT2D eigenvalue weighted by Crippen LogP contribution is 2.04. The summed E-state index contributed by atoms with van der Waals surface area (Å²) in [6.07, 6.45) is 3.24. The highest BCUT2D eigenvalue weighted by Gasteiger charge is 2.21. The van der Waals surface area contributed by atoms with Crippen molar-refractivity contribution in [2.75, 3.05) is 19.8 Å². The van der Waals surface area contributed by atoms with Crippen LogP contribution in [-0.2, 0) is 4.74 Å². The van der Waals surface area contributed by atoms with Gasteiger partial charge in [0.1, 0.15) is 0 Å². The summed E-state index contributed by atoms with van der Waals surface area (Å²) >= 11 is 0. The van der Waals surface area contributed by atoms with E-state index in [1.54, 1.807) is 24.5 Å². The zero-order valence-electron chi connectivity index (χ0n) is 7.77. The average molecular weight is 192 g/mol. The molecular formula is C10H12N2O2. The number of hydrogen-bond acceptors (Lipinski definition) is 4. The molecule has 1 unspecified atom stereocenters. The van der Waals surface area contributed by atoms with E-state index in [0.29, 0.717) is 18.8 Å². The second kappa shape index (κ2) is 4.30. The Morgan fingerprint density at radius 1 is 1.50 bits per heavy atom. The summed E-state index contributed by atoms with van der Waals surface area (Å²) in [7, 11) is 0. The maximum Gasteiger partial charge on any atom is 0.182 e. The van der Waals surface area contributed by atoms with Crippen molar-refractivity contribution < 1.29 is 9.53 Å². The Morgan fingerprint density at radius 3 is 2.93 bits per heavy atom. The van der Waals surface area contributed by atoms with Gasteiger partial charge in [-0.1, -0.05) is 0 Å². The monoisotopic (exact) mass is 192 g/mol. The molecule has 0 radical (unpaired) electrons. The van der Waals surface area contributed by atoms with Gasteiger partial charge >= 0.3 is 0 Å². The number of aromatic nitrogens is 1. The van der Waals surface area contributed by atoms with Gasteiger partial charge in [0.05, 0.1) is 19.3 Å². The minimum absolute atomic E-state index is 0.0760. The Bertz CT molecular complexity index is 307. The number of rotatable bonds is 2. The number of carbonyl (C=O) groups excluding carboxylic acids is 1. The fourth-order valence-electron chi connectivity index (χ4n) is 1.45. The third-order valence-corrected chi connectivity index (χ3v) is 2.20. The zero-order valence-corrected chi connectivity index (χ0v) is 7.77. The Balaban J connectivity index is 2.07. The van der Waals surface area contributed by atoms with Crippen LogP contribution in [0.25, 0.3) is 0 Å². The molecule has 1 aromatic rings. The topological polar surface area (TPSA) is 51.2 Å². The molecule has 0 aliphatic carbocycles. The number of morpholine rings is 1. The molecule has 74 valence electrons. The lowest BCUT2D eigenvalue weighted by Crippen LogP contribution is -2.46. The third kappa shape index (κ3) is 1.97. The van der Waals surface area contributed by atoms with Crippen molar-refractivity contribution in [3.63, 3.8) is 0 Å². The van der Waals surface area contributed by atoms with E-state index in [0.717, 1.165) is 6.54 Å². The number of nitrogens with one attached hydrogen (secondary N) is 1. The molecule has 1 fully saturated rings. The molecule has 1 aliphatic rings. The van der Waals surface area contributed by atoms with E-state index in [9.17, 15) is 4.79 Å². The van der Waals surface area contributed by atoms with Gasteiger partial charge in [-0.05, 0) is 12.1 Å². The van der Waals surface area contributed by atoms with Gasteiger partial charge in [-0.25, -0.2) is 0 Å². The largest absolute Gasteiger partial charge is 0.378 e. The third-order valence-electron chi connectivity index (χ3n) is 2.20. The van der Waals surface area contributed by atoms with Crippen LogP contribution in [-0.4, -0.2) is 36.6 Å². The standard InChI is InChI=1S/C10H12N2O2/c13-10(8-1-3-11-4-2-8)9-7-14-6-5-12-9/h1-4,9,12H,5-7H2. The second-order valence-corrected chi connectivity index (χ2v) is 3.18. The molecular weight excluding hydrogens is 180 g/mol. The molecule has 1 N–H and O–H groups in total. The maximum absolute atomic E-state index is 11.8. The molecule has 1 saturated heterocycles. The molecule has 1 aromatic heterocycles. The van der Waals surface area contributed by atoms with Gasteiger partial charge in [0.15, 0.2) is 5.78 Å². The molecule has 2 heterocycles. The van der Waals surface area contributed by atoms with Gasteiger partial charge in [-0.3, -0.25) is 9.78 Å². The Labute approximate surface area is 82.3 Å². The van der Waals surface area contributed by atoms with Crippen molar-refractivity contribution in [2.24, 2.45) is 0 Å². The maximum atomic E-state index is 11.8. The summed E-state index contributed by atoms with van der Waals surface area (Å²) < 4.78 is 5.23. The molecule has 0 bridgehead atoms. The van der Waals surface area contributed by atoms with Crippen molar-refractivity contribution in [3.05, 3.63) is 30.1 Å². The van der Waals surface area contributed by atoms with E-state index in [-0.39, 0.29) is 11.8 Å². The average Bonchev–Trinajstić information content (AvgIpc) is 2.30. The van der Waals surface area contributed by atoms with Crippen molar-refractivity contribution in [3.8, 4) is 0 Å². The van der Waals surface area contributed by atoms with Crippen LogP contribution < -0.4 is 5.32 Å². The van der Waals surface area contributed by atoms with Gasteiger partial charge in [0.2, 0.25) is 0 Å². The van der Waals surface area contributed by atoms with E-state index < -0.39 is 0 Å². The van der Waals surface area contributed by atoms with Crippen LogP contribution in [0.2, 0.25) is 0 Å². The fourth-order valence-corrected chi connectivity index (χ4v) is 1.45. The van der Waals surface area contributed by atoms with Crippen LogP contribution in [0.3, 0.4) is 0 Å². The van der Waals surface area contributed by atoms with Crippen LogP contribution >= 0.6 is 0 Å². The fraction of sp³-hybridized carbons (Fsp3) is 0.400. The van der Waals surface area contributed by atoms with Crippen LogP contribution in [0.15, 0.2) is 24.5 Å². The summed E-state index contributed by atoms with van der Waals surface area (Å²) in [6.45, 7) is 1.88. The number of nitrogens with zero attached hydrogens (tertiary/aromatic N) is 1. The lowest BCUT2D eigenvalue weighted by atomic mass is 10.1. The normalized spacial score (nSPS) is 21.9. The van der Waals surface area contributed by atoms with Crippen LogP contribution in [0.4, 0.5) is 0 Å². The number of carbonyl (C=O) groups is 1. The first-order valence-electron chi connectivity index (χ1n) is 4.63. The van der Waals surface area contributed by atoms with E-state index >= 15 is 0 Å². The molecule has 0 spiro atoms. The number of ketones is 1. The molecule has 1 atom stereocenters. The lowest BCUT2D eigenvalue weighted by molar-refractivity contribution is 0.0607. The molecule has 0 aromatic carbocycles. The summed E-state index contributed by atoms with van der Waals surface area (Å²) in [5.41, 5.74) is 0.683. The molecule has 0 saturated carbocycles. The van der Waals surface area contributed by atoms with Crippen molar-refractivity contribution in [1.82, 2.24) is 10.3 Å². The molecule has 0 amide bonds. The van der Waals surface area contributed by atoms with Crippen molar-refractivity contribution in [1.29, 1.82) is 0 Å². The van der Waals surface area contributed by atoms with Crippen LogP contribution in [0, 0.1) is 0 Å². The summed E-state index contributed by atoms with van der Waals surface area (Å²) in [6, 6.07) is 3.24. The SMILES string of the molecule is O=C(c1ccncc1)C1COCCN1. The highest BCUT2D eigenvalue weighted by molar-refractivity contribution is 6.00. The summed E-state index contributed by atoms with van der Waals surface area (Å²) in [4.78, 5) is 15.7. The first-order chi connectivity index (χ1) is 6.88. The van der Waals surface area contributed by atoms with Crippen LogP contribution in [0.5, 0.6) is 0 Å². The predicted octanol–water partition coefficient (Wildman–Crippen LogP) is 0.253. The summed E-state index contributed by atoms with van der Waals surface area (Å²) in [5, 5.41) is 3.12. The number of hydrogen-bond donors (Lipinski definition) is 1. The zero-order chi connectivity index (χ0) is 9.80. The van der Waals surface area contributed by atoms with Gasteiger partial charge < -0.3 is 10.1 Å². The Kier molecular flexibility index (Phi) is 2.86. The Hall–Kier alpha value is -1.26. The quantitative estimate of drug-likeness (QED) is 0.682. The van der Waals surface area contributed by atoms with E-state index in [1.807, 2.05) is 0 Å². The summed E-state index contributed by atoms with van der Waals surface area (Å²) in [5.74, 6) is 0.0760.